The van der Waals surface area contributed by atoms with Gasteiger partial charge in [-0.05, 0) is 24.8 Å². The molecule has 0 radical (unpaired) electrons. The number of hydrogen-bond donors (Lipinski definition) is 2. The molecule has 0 bridgehead atoms. The topological polar surface area (TPSA) is 93.7 Å². The molecule has 0 unspecified atom stereocenters. The van der Waals surface area contributed by atoms with E-state index >= 15 is 0 Å². The van der Waals surface area contributed by atoms with Crippen molar-refractivity contribution in [3.8, 4) is 0 Å². The van der Waals surface area contributed by atoms with Crippen molar-refractivity contribution in [2.24, 2.45) is 0 Å². The third-order valence-electron chi connectivity index (χ3n) is 4.37. The molecule has 1 aromatic carbocycles. The number of urea groups is 1. The maximum absolute atomic E-state index is 12.3. The van der Waals surface area contributed by atoms with Crippen molar-refractivity contribution >= 4 is 18.0 Å². The van der Waals surface area contributed by atoms with E-state index in [0.29, 0.717) is 12.0 Å². The third kappa shape index (κ3) is 5.57. The van der Waals surface area contributed by atoms with Crippen LogP contribution in [0.4, 0.5) is 4.79 Å². The molecule has 1 heterocycles. The maximum atomic E-state index is 12.3. The van der Waals surface area contributed by atoms with Gasteiger partial charge in [0.15, 0.2) is 0 Å². The molecule has 7 heteroatoms. The molecule has 1 aliphatic heterocycles. The highest BCUT2D eigenvalue weighted by Crippen LogP contribution is 2.20. The van der Waals surface area contributed by atoms with Crippen molar-refractivity contribution < 1.29 is 23.9 Å². The highest BCUT2D eigenvalue weighted by molar-refractivity contribution is 5.94. The quantitative estimate of drug-likeness (QED) is 0.682. The van der Waals surface area contributed by atoms with Crippen LogP contribution in [0.1, 0.15) is 45.1 Å². The van der Waals surface area contributed by atoms with Crippen LogP contribution in [-0.2, 0) is 19.1 Å². The van der Waals surface area contributed by atoms with Gasteiger partial charge in [0, 0.05) is 0 Å². The van der Waals surface area contributed by atoms with E-state index < -0.39 is 24.0 Å². The Labute approximate surface area is 159 Å². The first kappa shape index (κ1) is 20.5. The number of nitrogens with one attached hydrogen (secondary N) is 2. The first-order valence-corrected chi connectivity index (χ1v) is 9.14. The summed E-state index contributed by atoms with van der Waals surface area (Å²) in [6.07, 6.45) is 0.722. The Morgan fingerprint density at radius 1 is 1.15 bits per heavy atom. The summed E-state index contributed by atoms with van der Waals surface area (Å²) in [6, 6.07) is 8.76. The minimum Gasteiger partial charge on any atom is -0.463 e. The Hall–Kier alpha value is -2.83. The molecule has 0 fully saturated rings. The lowest BCUT2D eigenvalue weighted by Gasteiger charge is -2.28. The standard InChI is InChI=1S/C20H26N2O5/c1-4-15-18(19(24)26-5-2)16(22-20(25)21-15)12-27-17(23)11-13(3)14-9-7-6-8-10-14/h6-10,13,15H,4-5,11-12H2,1-3H3,(H2,21,22,25)/t13-,15-/m0/s1. The van der Waals surface area contributed by atoms with E-state index in [0.717, 1.165) is 5.56 Å². The number of esters is 2. The van der Waals surface area contributed by atoms with E-state index in [1.54, 1.807) is 6.92 Å². The molecule has 2 N–H and O–H groups in total. The number of amides is 2. The lowest BCUT2D eigenvalue weighted by atomic mass is 9.98. The molecule has 0 aliphatic carbocycles. The van der Waals surface area contributed by atoms with E-state index in [1.165, 1.54) is 0 Å². The fourth-order valence-corrected chi connectivity index (χ4v) is 2.94. The van der Waals surface area contributed by atoms with Gasteiger partial charge in [-0.1, -0.05) is 44.2 Å². The third-order valence-corrected chi connectivity index (χ3v) is 4.37. The van der Waals surface area contributed by atoms with Crippen LogP contribution in [0.15, 0.2) is 41.6 Å². The van der Waals surface area contributed by atoms with Gasteiger partial charge in [0.05, 0.1) is 30.3 Å². The Morgan fingerprint density at radius 3 is 2.48 bits per heavy atom. The van der Waals surface area contributed by atoms with E-state index in [-0.39, 0.29) is 31.2 Å². The minimum absolute atomic E-state index is 0.00297. The van der Waals surface area contributed by atoms with Gasteiger partial charge in [-0.25, -0.2) is 9.59 Å². The zero-order valence-corrected chi connectivity index (χ0v) is 15.9. The maximum Gasteiger partial charge on any atom is 0.338 e. The number of carbonyl (C=O) groups excluding carboxylic acids is 3. The summed E-state index contributed by atoms with van der Waals surface area (Å²) in [4.78, 5) is 36.3. The summed E-state index contributed by atoms with van der Waals surface area (Å²) >= 11 is 0. The molecular weight excluding hydrogens is 348 g/mol. The summed E-state index contributed by atoms with van der Waals surface area (Å²) in [6.45, 7) is 5.53. The molecule has 2 rings (SSSR count). The number of carbonyl (C=O) groups is 3. The van der Waals surface area contributed by atoms with Gasteiger partial charge in [-0.3, -0.25) is 4.79 Å². The van der Waals surface area contributed by atoms with Gasteiger partial charge in [0.1, 0.15) is 6.61 Å². The van der Waals surface area contributed by atoms with Crippen molar-refractivity contribution in [1.29, 1.82) is 0 Å². The predicted octanol–water partition coefficient (Wildman–Crippen LogP) is 2.63. The van der Waals surface area contributed by atoms with Crippen LogP contribution in [0, 0.1) is 0 Å². The highest BCUT2D eigenvalue weighted by Gasteiger charge is 2.32. The average molecular weight is 374 g/mol. The SMILES string of the molecule is CCOC(=O)C1=C(COC(=O)C[C@H](C)c2ccccc2)NC(=O)N[C@H]1CC. The normalized spacial score (nSPS) is 17.6. The van der Waals surface area contributed by atoms with Gasteiger partial charge < -0.3 is 20.1 Å². The molecule has 2 amide bonds. The second-order valence-electron chi connectivity index (χ2n) is 6.35. The summed E-state index contributed by atoms with van der Waals surface area (Å²) in [5.41, 5.74) is 1.61. The van der Waals surface area contributed by atoms with E-state index in [4.69, 9.17) is 9.47 Å². The summed E-state index contributed by atoms with van der Waals surface area (Å²) in [7, 11) is 0. The highest BCUT2D eigenvalue weighted by atomic mass is 16.5. The number of ether oxygens (including phenoxy) is 2. The molecule has 0 saturated carbocycles. The Morgan fingerprint density at radius 2 is 1.85 bits per heavy atom. The largest absolute Gasteiger partial charge is 0.463 e. The Bertz CT molecular complexity index is 714. The van der Waals surface area contributed by atoms with Gasteiger partial charge in [0.25, 0.3) is 0 Å². The van der Waals surface area contributed by atoms with E-state index in [9.17, 15) is 14.4 Å². The number of hydrogen-bond acceptors (Lipinski definition) is 5. The van der Waals surface area contributed by atoms with Crippen LogP contribution in [-0.4, -0.2) is 37.2 Å². The zero-order chi connectivity index (χ0) is 19.8. The second-order valence-corrected chi connectivity index (χ2v) is 6.35. The first-order valence-electron chi connectivity index (χ1n) is 9.14. The van der Waals surface area contributed by atoms with Gasteiger partial charge in [0.2, 0.25) is 0 Å². The van der Waals surface area contributed by atoms with Crippen molar-refractivity contribution in [3.63, 3.8) is 0 Å². The minimum atomic E-state index is -0.527. The van der Waals surface area contributed by atoms with Crippen molar-refractivity contribution in [3.05, 3.63) is 47.2 Å². The Balaban J connectivity index is 2.06. The van der Waals surface area contributed by atoms with E-state index in [1.807, 2.05) is 44.2 Å². The molecule has 0 aromatic heterocycles. The molecular formula is C20H26N2O5. The van der Waals surface area contributed by atoms with Crippen molar-refractivity contribution in [1.82, 2.24) is 10.6 Å². The summed E-state index contributed by atoms with van der Waals surface area (Å²) in [5, 5.41) is 5.24. The van der Waals surface area contributed by atoms with Crippen molar-refractivity contribution in [2.45, 2.75) is 45.6 Å². The van der Waals surface area contributed by atoms with Crippen LogP contribution in [0.25, 0.3) is 0 Å². The molecule has 1 aliphatic rings. The zero-order valence-electron chi connectivity index (χ0n) is 15.9. The smallest absolute Gasteiger partial charge is 0.338 e. The molecule has 0 saturated heterocycles. The van der Waals surface area contributed by atoms with Crippen LogP contribution in [0.2, 0.25) is 0 Å². The lowest BCUT2D eigenvalue weighted by molar-refractivity contribution is -0.144. The van der Waals surface area contributed by atoms with Gasteiger partial charge in [-0.15, -0.1) is 0 Å². The average Bonchev–Trinajstić information content (AvgIpc) is 2.66. The van der Waals surface area contributed by atoms with Crippen LogP contribution >= 0.6 is 0 Å². The lowest BCUT2D eigenvalue weighted by Crippen LogP contribution is -2.51. The van der Waals surface area contributed by atoms with Gasteiger partial charge in [-0.2, -0.15) is 0 Å². The monoisotopic (exact) mass is 374 g/mol. The fraction of sp³-hybridized carbons (Fsp3) is 0.450. The first-order chi connectivity index (χ1) is 13.0. The molecule has 2 atom stereocenters. The second kappa shape index (κ2) is 9.75. The van der Waals surface area contributed by atoms with Crippen LogP contribution < -0.4 is 10.6 Å². The predicted molar refractivity (Wildman–Crippen MR) is 99.8 cm³/mol. The van der Waals surface area contributed by atoms with Crippen LogP contribution in [0.3, 0.4) is 0 Å². The summed E-state index contributed by atoms with van der Waals surface area (Å²) in [5.74, 6) is -0.924. The Kier molecular flexibility index (Phi) is 7.40. The van der Waals surface area contributed by atoms with E-state index in [2.05, 4.69) is 10.6 Å². The van der Waals surface area contributed by atoms with Crippen LogP contribution in [0.5, 0.6) is 0 Å². The van der Waals surface area contributed by atoms with Crippen molar-refractivity contribution in [2.75, 3.05) is 13.2 Å². The number of benzene rings is 1. The molecule has 146 valence electrons. The fourth-order valence-electron chi connectivity index (χ4n) is 2.94. The van der Waals surface area contributed by atoms with Gasteiger partial charge >= 0.3 is 18.0 Å². The molecule has 0 spiro atoms. The number of rotatable bonds is 8. The molecule has 7 nitrogen and oxygen atoms in total. The summed E-state index contributed by atoms with van der Waals surface area (Å²) < 4.78 is 10.4. The molecule has 1 aromatic rings. The molecule has 27 heavy (non-hydrogen) atoms.